The quantitative estimate of drug-likeness (QED) is 0.0507. The number of carbonyl (C=O) groups excluding carboxylic acids is 2. The van der Waals surface area contributed by atoms with Gasteiger partial charge in [-0.05, 0) is 0 Å². The molecular formula is C43H72N2O34. The van der Waals surface area contributed by atoms with Gasteiger partial charge in [0.05, 0.1) is 51.8 Å². The van der Waals surface area contributed by atoms with Gasteiger partial charge in [-0.25, -0.2) is 4.79 Å². The van der Waals surface area contributed by atoms with E-state index in [1.54, 1.807) is 0 Å². The smallest absolute Gasteiger partial charge is 0.364 e. The third-order valence-electron chi connectivity index (χ3n) is 14.2. The van der Waals surface area contributed by atoms with Crippen LogP contribution < -0.4 is 10.6 Å². The highest BCUT2D eigenvalue weighted by Gasteiger charge is 2.61. The van der Waals surface area contributed by atoms with Crippen molar-refractivity contribution in [2.75, 3.05) is 39.6 Å². The van der Waals surface area contributed by atoms with Crippen molar-refractivity contribution >= 4 is 17.8 Å². The summed E-state index contributed by atoms with van der Waals surface area (Å²) in [7, 11) is 0. The molecule has 6 heterocycles. The topological polar surface area (TPSA) is 581 Å². The molecule has 0 spiro atoms. The third kappa shape index (κ3) is 14.1. The number of aliphatic carboxylic acids is 1. The van der Waals surface area contributed by atoms with Gasteiger partial charge in [0.25, 0.3) is 5.79 Å². The number of hydrogen-bond acceptors (Lipinski definition) is 33. The predicted octanol–water partition coefficient (Wildman–Crippen LogP) is -14.6. The molecule has 458 valence electrons. The molecule has 6 fully saturated rings. The van der Waals surface area contributed by atoms with Crippen LogP contribution in [0.15, 0.2) is 0 Å². The summed E-state index contributed by atoms with van der Waals surface area (Å²) in [6.07, 6.45) is -57.0. The Kier molecular flexibility index (Phi) is 22.9. The molecule has 0 unspecified atom stereocenters. The molecule has 79 heavy (non-hydrogen) atoms. The van der Waals surface area contributed by atoms with Gasteiger partial charge in [0.2, 0.25) is 11.8 Å². The molecule has 6 rings (SSSR count). The van der Waals surface area contributed by atoms with Crippen molar-refractivity contribution in [1.82, 2.24) is 10.6 Å². The number of ether oxygens (including phenoxy) is 11. The lowest BCUT2D eigenvalue weighted by Crippen LogP contribution is -2.71. The maximum Gasteiger partial charge on any atom is 0.364 e. The van der Waals surface area contributed by atoms with Crippen LogP contribution in [-0.2, 0) is 66.5 Å². The largest absolute Gasteiger partial charge is 0.477 e. The Morgan fingerprint density at radius 1 is 0.519 bits per heavy atom. The molecule has 0 aliphatic carbocycles. The highest BCUT2D eigenvalue weighted by Crippen LogP contribution is 2.39. The van der Waals surface area contributed by atoms with Crippen LogP contribution in [0.4, 0.5) is 0 Å². The zero-order valence-electron chi connectivity index (χ0n) is 41.9. The number of amides is 2. The standard InChI is InChI=1S/C43H72N2O34/c1-10(51)44-19-12(53)3-43(42(67)68,78-35(19)21(55)13(54)4-46)79-36-23(57)14(5-47)71-41(31(36)65)75-32-16(7-49)72-38(20(24(32)58)45-11(2)52)69-9-18-22(56)25(59)29(63)39(74-18)77-34-17(8-50)73-40(30(64)27(34)61)76-33-15(6-48)70-37(66)28(62)26(33)60/h12-41,46-50,53-66H,3-9H2,1-2H3,(H,44,51)(H,45,52)(H,67,68)/t12-,13+,14+,15+,16+,17+,18+,19+,20+,21+,22-,23-,24+,25-,26+,27+,28+,29+,30+,31+,32+,33+,34+,35+,36-,37-,38+,39-,40-,41-,43-/m0/s1. The second kappa shape index (κ2) is 27.7. The maximum absolute atomic E-state index is 13.0. The molecule has 2 amide bonds. The van der Waals surface area contributed by atoms with E-state index in [0.29, 0.717) is 0 Å². The minimum absolute atomic E-state index is 0.821. The van der Waals surface area contributed by atoms with Crippen molar-refractivity contribution in [3.63, 3.8) is 0 Å². The van der Waals surface area contributed by atoms with E-state index in [-0.39, 0.29) is 0 Å². The molecule has 36 heteroatoms. The molecule has 0 bridgehead atoms. The molecular weight excluding hydrogens is 1090 g/mol. The van der Waals surface area contributed by atoms with Gasteiger partial charge < -0.3 is 165 Å². The first kappa shape index (κ1) is 65.4. The Balaban J connectivity index is 1.16. The van der Waals surface area contributed by atoms with Crippen LogP contribution in [0.3, 0.4) is 0 Å². The molecule has 0 aromatic carbocycles. The van der Waals surface area contributed by atoms with Crippen molar-refractivity contribution in [1.29, 1.82) is 0 Å². The molecule has 22 N–H and O–H groups in total. The fourth-order valence-electron chi connectivity index (χ4n) is 9.93. The summed E-state index contributed by atoms with van der Waals surface area (Å²) in [4.78, 5) is 37.5. The monoisotopic (exact) mass is 1160 g/mol. The maximum atomic E-state index is 13.0. The van der Waals surface area contributed by atoms with Crippen LogP contribution in [0.2, 0.25) is 0 Å². The lowest BCUT2D eigenvalue weighted by molar-refractivity contribution is -0.385. The zero-order chi connectivity index (χ0) is 58.7. The number of carbonyl (C=O) groups is 3. The van der Waals surface area contributed by atoms with Crippen LogP contribution in [0.25, 0.3) is 0 Å². The Morgan fingerprint density at radius 2 is 0.975 bits per heavy atom. The number of aliphatic hydroxyl groups is 19. The van der Waals surface area contributed by atoms with Crippen LogP contribution in [0, 0.1) is 0 Å². The molecule has 6 saturated heterocycles. The zero-order valence-corrected chi connectivity index (χ0v) is 41.9. The summed E-state index contributed by atoms with van der Waals surface area (Å²) < 4.78 is 61.8. The average molecular weight is 1160 g/mol. The number of carboxylic acid groups (broad SMARTS) is 1. The van der Waals surface area contributed by atoms with E-state index in [1.807, 2.05) is 0 Å². The van der Waals surface area contributed by atoms with Crippen LogP contribution >= 0.6 is 0 Å². The molecule has 0 aromatic rings. The molecule has 0 radical (unpaired) electrons. The summed E-state index contributed by atoms with van der Waals surface area (Å²) in [5.74, 6) is -6.94. The van der Waals surface area contributed by atoms with Crippen LogP contribution in [-0.4, -0.2) is 349 Å². The Labute approximate surface area is 446 Å². The number of rotatable bonds is 21. The lowest BCUT2D eigenvalue weighted by atomic mass is 9.88. The number of hydrogen-bond donors (Lipinski definition) is 22. The summed E-state index contributed by atoms with van der Waals surface area (Å²) >= 11 is 0. The Morgan fingerprint density at radius 3 is 1.49 bits per heavy atom. The molecule has 6 aliphatic rings. The van der Waals surface area contributed by atoms with E-state index >= 15 is 0 Å². The number of aliphatic hydroxyl groups excluding tert-OH is 19. The Bertz CT molecular complexity index is 1970. The molecule has 0 saturated carbocycles. The van der Waals surface area contributed by atoms with Crippen molar-refractivity contribution in [3.05, 3.63) is 0 Å². The van der Waals surface area contributed by atoms with Crippen molar-refractivity contribution in [3.8, 4) is 0 Å². The normalized spacial score (nSPS) is 47.7. The number of nitrogens with one attached hydrogen (secondary N) is 2. The van der Waals surface area contributed by atoms with Crippen molar-refractivity contribution < 1.29 is 169 Å². The van der Waals surface area contributed by atoms with Gasteiger partial charge in [-0.1, -0.05) is 0 Å². The first-order chi connectivity index (χ1) is 37.2. The van der Waals surface area contributed by atoms with Gasteiger partial charge in [0.1, 0.15) is 140 Å². The first-order valence-electron chi connectivity index (χ1n) is 24.7. The van der Waals surface area contributed by atoms with E-state index in [0.717, 1.165) is 13.8 Å². The summed E-state index contributed by atoms with van der Waals surface area (Å²) in [5.41, 5.74) is 0. The van der Waals surface area contributed by atoms with Gasteiger partial charge in [-0.15, -0.1) is 0 Å². The van der Waals surface area contributed by atoms with E-state index in [4.69, 9.17) is 52.1 Å². The predicted molar refractivity (Wildman–Crippen MR) is 240 cm³/mol. The van der Waals surface area contributed by atoms with Gasteiger partial charge in [-0.2, -0.15) is 0 Å². The first-order valence-corrected chi connectivity index (χ1v) is 24.7. The summed E-state index contributed by atoms with van der Waals surface area (Å²) in [6, 6.07) is -3.42. The highest BCUT2D eigenvalue weighted by atomic mass is 16.8. The fourth-order valence-corrected chi connectivity index (χ4v) is 9.93. The summed E-state index contributed by atoms with van der Waals surface area (Å²) in [6.45, 7) is -4.17. The second-order valence-electron chi connectivity index (χ2n) is 19.7. The summed E-state index contributed by atoms with van der Waals surface area (Å²) in [5, 5.41) is 217. The van der Waals surface area contributed by atoms with Crippen molar-refractivity contribution in [2.45, 2.75) is 210 Å². The van der Waals surface area contributed by atoms with E-state index in [9.17, 15) is 117 Å². The minimum Gasteiger partial charge on any atom is -0.477 e. The average Bonchev–Trinajstić information content (AvgIpc) is 3.48. The Hall–Kier alpha value is -2.79. The highest BCUT2D eigenvalue weighted by molar-refractivity contribution is 5.76. The minimum atomic E-state index is -3.18. The molecule has 6 aliphatic heterocycles. The van der Waals surface area contributed by atoms with E-state index in [1.165, 1.54) is 0 Å². The van der Waals surface area contributed by atoms with Gasteiger partial charge >= 0.3 is 5.97 Å². The van der Waals surface area contributed by atoms with Gasteiger partial charge in [-0.3, -0.25) is 9.59 Å². The fraction of sp³-hybridized carbons (Fsp3) is 0.930. The van der Waals surface area contributed by atoms with Gasteiger partial charge in [0, 0.05) is 20.3 Å². The van der Waals surface area contributed by atoms with Crippen LogP contribution in [0.5, 0.6) is 0 Å². The van der Waals surface area contributed by atoms with E-state index in [2.05, 4.69) is 10.6 Å². The molecule has 36 nitrogen and oxygen atoms in total. The molecule has 0 aromatic heterocycles. The van der Waals surface area contributed by atoms with Gasteiger partial charge in [0.15, 0.2) is 31.5 Å². The molecule has 31 atom stereocenters. The van der Waals surface area contributed by atoms with Crippen LogP contribution in [0.1, 0.15) is 20.3 Å². The number of carboxylic acids is 1. The lowest BCUT2D eigenvalue weighted by Gasteiger charge is -2.51. The van der Waals surface area contributed by atoms with E-state index < -0.39 is 254 Å². The SMILES string of the molecule is CC(=O)N[C@H]1[C@H](OC[C@H]2O[C@@H](O[C@H]3[C@H](O)[C@@H](O)[C@H](O[C@H]4[C@H](O)[C@@H](O)[C@@H](O)O[C@@H]4CO)O[C@@H]3CO)[C@H](O)[C@@H](O)[C@H]2O)O[C@H](CO)[C@@H](O[C@@H]2O[C@H](CO)[C@H](O)[C@H](O[C@]3(C(=O)O)C[C@H](O)[C@@H](NC(C)=O)[C@H]([C@H](O)[C@H](O)CO)O3)[C@H]2O)[C@@H]1O. The third-order valence-corrected chi connectivity index (χ3v) is 14.2. The second-order valence-corrected chi connectivity index (χ2v) is 19.7. The van der Waals surface area contributed by atoms with Crippen molar-refractivity contribution in [2.24, 2.45) is 0 Å².